The molecule has 2 amide bonds. The number of para-hydroxylation sites is 1. The molecule has 1 saturated carbocycles. The Morgan fingerprint density at radius 2 is 1.84 bits per heavy atom. The minimum atomic E-state index is -0.367. The van der Waals surface area contributed by atoms with E-state index in [0.29, 0.717) is 32.5 Å². The van der Waals surface area contributed by atoms with Gasteiger partial charge in [-0.15, -0.1) is 0 Å². The van der Waals surface area contributed by atoms with E-state index in [0.717, 1.165) is 54.0 Å². The molecule has 1 unspecified atom stereocenters. The number of nitrogens with one attached hydrogen (secondary N) is 2. The van der Waals surface area contributed by atoms with Gasteiger partial charge in [0.25, 0.3) is 0 Å². The number of rotatable bonds is 5. The fraction of sp³-hybridized carbons (Fsp3) is 0.440. The van der Waals surface area contributed by atoms with E-state index in [-0.39, 0.29) is 23.3 Å². The number of benzene rings is 2. The average molecular weight is 421 g/mol. The van der Waals surface area contributed by atoms with Gasteiger partial charge in [0.15, 0.2) is 11.5 Å². The molecule has 0 spiro atoms. The first-order valence-electron chi connectivity index (χ1n) is 11.2. The Bertz CT molecular complexity index is 997. The second-order valence-electron chi connectivity index (χ2n) is 8.78. The highest BCUT2D eigenvalue weighted by molar-refractivity contribution is 5.96. The molecule has 2 heterocycles. The summed E-state index contributed by atoms with van der Waals surface area (Å²) in [5, 5.41) is 6.29. The third kappa shape index (κ3) is 3.99. The fourth-order valence-electron chi connectivity index (χ4n) is 5.09. The summed E-state index contributed by atoms with van der Waals surface area (Å²) in [5.74, 6) is 1.35. The summed E-state index contributed by atoms with van der Waals surface area (Å²) < 4.78 is 11.4. The van der Waals surface area contributed by atoms with E-state index >= 15 is 0 Å². The minimum absolute atomic E-state index is 0.00319. The Kier molecular flexibility index (Phi) is 5.30. The number of ether oxygens (including phenoxy) is 2. The maximum absolute atomic E-state index is 13.0. The van der Waals surface area contributed by atoms with E-state index in [4.69, 9.17) is 9.47 Å². The molecule has 3 aliphatic rings. The Morgan fingerprint density at radius 3 is 2.68 bits per heavy atom. The summed E-state index contributed by atoms with van der Waals surface area (Å²) in [4.78, 5) is 25.4. The van der Waals surface area contributed by atoms with Crippen molar-refractivity contribution in [2.24, 2.45) is 5.92 Å². The van der Waals surface area contributed by atoms with Crippen molar-refractivity contribution in [3.05, 3.63) is 53.6 Å². The summed E-state index contributed by atoms with van der Waals surface area (Å²) in [5.41, 5.74) is 2.73. The zero-order chi connectivity index (χ0) is 21.3. The van der Waals surface area contributed by atoms with Gasteiger partial charge < -0.3 is 20.1 Å². The van der Waals surface area contributed by atoms with Crippen LogP contribution in [0.5, 0.6) is 11.5 Å². The summed E-state index contributed by atoms with van der Waals surface area (Å²) >= 11 is 0. The maximum atomic E-state index is 13.0. The highest BCUT2D eigenvalue weighted by Gasteiger charge is 2.38. The summed E-state index contributed by atoms with van der Waals surface area (Å²) in [7, 11) is 0. The Balaban J connectivity index is 1.26. The molecule has 0 saturated heterocycles. The molecule has 1 fully saturated rings. The van der Waals surface area contributed by atoms with Gasteiger partial charge in [-0.3, -0.25) is 9.59 Å². The van der Waals surface area contributed by atoms with Crippen LogP contribution in [-0.4, -0.2) is 25.0 Å². The minimum Gasteiger partial charge on any atom is -0.486 e. The van der Waals surface area contributed by atoms with E-state index in [1.807, 2.05) is 42.5 Å². The summed E-state index contributed by atoms with van der Waals surface area (Å²) in [6, 6.07) is 13.9. The summed E-state index contributed by atoms with van der Waals surface area (Å²) in [6.07, 6.45) is 5.55. The zero-order valence-corrected chi connectivity index (χ0v) is 17.6. The number of hydrogen-bond donors (Lipinski definition) is 2. The van der Waals surface area contributed by atoms with Crippen molar-refractivity contribution in [1.82, 2.24) is 5.32 Å². The van der Waals surface area contributed by atoms with Crippen molar-refractivity contribution in [2.75, 3.05) is 18.5 Å². The third-order valence-corrected chi connectivity index (χ3v) is 6.76. The molecule has 2 aromatic rings. The normalized spacial score (nSPS) is 21.2. The molecular formula is C25H28N2O4. The van der Waals surface area contributed by atoms with Crippen LogP contribution in [-0.2, 0) is 21.5 Å². The molecule has 6 heteroatoms. The van der Waals surface area contributed by atoms with Crippen LogP contribution >= 0.6 is 0 Å². The number of fused-ring (bicyclic) bond motifs is 2. The Morgan fingerprint density at radius 1 is 1.06 bits per heavy atom. The second kappa shape index (κ2) is 8.25. The highest BCUT2D eigenvalue weighted by Crippen LogP contribution is 2.42. The SMILES string of the molecule is O=C(CCC1Cc2ccccc2NC1=O)NC1(c2ccc3c(c2)OCCO3)CCCC1. The van der Waals surface area contributed by atoms with Crippen LogP contribution in [0.15, 0.2) is 42.5 Å². The number of carbonyl (C=O) groups excluding carboxylic acids is 2. The third-order valence-electron chi connectivity index (χ3n) is 6.76. The van der Waals surface area contributed by atoms with Gasteiger partial charge in [-0.25, -0.2) is 0 Å². The zero-order valence-electron chi connectivity index (χ0n) is 17.6. The first kappa shape index (κ1) is 19.9. The number of hydrogen-bond acceptors (Lipinski definition) is 4. The van der Waals surface area contributed by atoms with Crippen LogP contribution < -0.4 is 20.1 Å². The lowest BCUT2D eigenvalue weighted by Crippen LogP contribution is -2.44. The molecule has 31 heavy (non-hydrogen) atoms. The van der Waals surface area contributed by atoms with Gasteiger partial charge in [-0.05, 0) is 55.0 Å². The molecule has 2 aromatic carbocycles. The van der Waals surface area contributed by atoms with Crippen LogP contribution in [0.3, 0.4) is 0 Å². The van der Waals surface area contributed by atoms with Crippen molar-refractivity contribution in [1.29, 1.82) is 0 Å². The predicted molar refractivity (Wildman–Crippen MR) is 117 cm³/mol. The molecular weight excluding hydrogens is 392 g/mol. The van der Waals surface area contributed by atoms with Crippen molar-refractivity contribution in [3.63, 3.8) is 0 Å². The van der Waals surface area contributed by atoms with E-state index in [2.05, 4.69) is 10.6 Å². The Labute approximate surface area is 182 Å². The van der Waals surface area contributed by atoms with Crippen LogP contribution in [0.1, 0.15) is 49.7 Å². The van der Waals surface area contributed by atoms with Crippen molar-refractivity contribution < 1.29 is 19.1 Å². The maximum Gasteiger partial charge on any atom is 0.227 e. The molecule has 0 bridgehead atoms. The van der Waals surface area contributed by atoms with Crippen LogP contribution in [0.4, 0.5) is 5.69 Å². The largest absolute Gasteiger partial charge is 0.486 e. The van der Waals surface area contributed by atoms with Crippen LogP contribution in [0.25, 0.3) is 0 Å². The highest BCUT2D eigenvalue weighted by atomic mass is 16.6. The fourth-order valence-corrected chi connectivity index (χ4v) is 5.09. The molecule has 1 atom stereocenters. The molecule has 1 aliphatic carbocycles. The average Bonchev–Trinajstić information content (AvgIpc) is 3.27. The summed E-state index contributed by atoms with van der Waals surface area (Å²) in [6.45, 7) is 1.11. The molecule has 0 aromatic heterocycles. The predicted octanol–water partition coefficient (Wildman–Crippen LogP) is 3.93. The van der Waals surface area contributed by atoms with E-state index in [9.17, 15) is 9.59 Å². The van der Waals surface area contributed by atoms with Crippen molar-refractivity contribution in [2.45, 2.75) is 50.5 Å². The molecule has 2 N–H and O–H groups in total. The first-order valence-corrected chi connectivity index (χ1v) is 11.2. The number of carbonyl (C=O) groups is 2. The lowest BCUT2D eigenvalue weighted by molar-refractivity contribution is -0.124. The van der Waals surface area contributed by atoms with Gasteiger partial charge >= 0.3 is 0 Å². The quantitative estimate of drug-likeness (QED) is 0.768. The van der Waals surface area contributed by atoms with Gasteiger partial charge in [0.2, 0.25) is 11.8 Å². The lowest BCUT2D eigenvalue weighted by atomic mass is 9.86. The van der Waals surface area contributed by atoms with Gasteiger partial charge in [0.05, 0.1) is 5.54 Å². The first-order chi connectivity index (χ1) is 15.1. The second-order valence-corrected chi connectivity index (χ2v) is 8.78. The standard InChI is InChI=1S/C25H28N2O4/c28-23(10-7-18-15-17-5-1-2-6-20(17)26-24(18)29)27-25(11-3-4-12-25)19-8-9-21-22(16-19)31-14-13-30-21/h1-2,5-6,8-9,16,18H,3-4,7,10-15H2,(H,26,29)(H,27,28). The van der Waals surface area contributed by atoms with E-state index in [1.165, 1.54) is 0 Å². The van der Waals surface area contributed by atoms with Gasteiger partial charge in [-0.2, -0.15) is 0 Å². The molecule has 5 rings (SSSR count). The number of amides is 2. The molecule has 0 radical (unpaired) electrons. The van der Waals surface area contributed by atoms with Crippen molar-refractivity contribution >= 4 is 17.5 Å². The van der Waals surface area contributed by atoms with E-state index < -0.39 is 0 Å². The van der Waals surface area contributed by atoms with E-state index in [1.54, 1.807) is 0 Å². The van der Waals surface area contributed by atoms with Gasteiger partial charge in [0, 0.05) is 18.0 Å². The van der Waals surface area contributed by atoms with Crippen molar-refractivity contribution in [3.8, 4) is 11.5 Å². The van der Waals surface area contributed by atoms with Gasteiger partial charge in [-0.1, -0.05) is 37.1 Å². The lowest BCUT2D eigenvalue weighted by Gasteiger charge is -2.32. The Hall–Kier alpha value is -3.02. The molecule has 162 valence electrons. The molecule has 2 aliphatic heterocycles. The monoisotopic (exact) mass is 420 g/mol. The van der Waals surface area contributed by atoms with Crippen LogP contribution in [0, 0.1) is 5.92 Å². The van der Waals surface area contributed by atoms with Crippen LogP contribution in [0.2, 0.25) is 0 Å². The smallest absolute Gasteiger partial charge is 0.227 e. The topological polar surface area (TPSA) is 76.7 Å². The van der Waals surface area contributed by atoms with Gasteiger partial charge in [0.1, 0.15) is 13.2 Å². The molecule has 6 nitrogen and oxygen atoms in total. The number of anilines is 1.